The van der Waals surface area contributed by atoms with E-state index < -0.39 is 5.95 Å². The Morgan fingerprint density at radius 1 is 1.07 bits per heavy atom. The molecule has 2 heterocycles. The van der Waals surface area contributed by atoms with E-state index in [1.807, 2.05) is 12.1 Å². The number of aryl methyl sites for hydroxylation is 1. The first-order chi connectivity index (χ1) is 13.5. The fraction of sp³-hybridized carbons (Fsp3) is 0.200. The lowest BCUT2D eigenvalue weighted by Gasteiger charge is -2.23. The number of ether oxygens (including phenoxy) is 2. The van der Waals surface area contributed by atoms with Crippen molar-refractivity contribution in [2.75, 3.05) is 18.5 Å². The molecule has 0 N–H and O–H groups in total. The molecule has 0 spiro atoms. The second-order valence-corrected chi connectivity index (χ2v) is 6.94. The van der Waals surface area contributed by atoms with Crippen LogP contribution in [0, 0.1) is 18.7 Å². The minimum atomic E-state index is -0.590. The first-order valence-electron chi connectivity index (χ1n) is 8.41. The third kappa shape index (κ3) is 4.69. The van der Waals surface area contributed by atoms with Crippen molar-refractivity contribution >= 4 is 17.8 Å². The van der Waals surface area contributed by atoms with E-state index in [1.165, 1.54) is 24.2 Å². The standard InChI is InChI=1S/C20H19F2N3O2S/c1-13-9-20(23-11-16(13)21)28-25(19-6-4-5-18(22)24-19)12-14-7-8-15(26-2)10-17(14)27-3/h4-11H,12H2,1-3H3. The van der Waals surface area contributed by atoms with Crippen molar-refractivity contribution in [1.29, 1.82) is 0 Å². The monoisotopic (exact) mass is 403 g/mol. The highest BCUT2D eigenvalue weighted by atomic mass is 32.2. The van der Waals surface area contributed by atoms with Gasteiger partial charge in [-0.3, -0.25) is 4.31 Å². The van der Waals surface area contributed by atoms with Crippen LogP contribution in [-0.2, 0) is 6.54 Å². The molecule has 5 nitrogen and oxygen atoms in total. The van der Waals surface area contributed by atoms with Crippen LogP contribution in [0.5, 0.6) is 11.5 Å². The molecule has 3 rings (SSSR count). The van der Waals surface area contributed by atoms with E-state index in [4.69, 9.17) is 9.47 Å². The Morgan fingerprint density at radius 2 is 1.89 bits per heavy atom. The van der Waals surface area contributed by atoms with Gasteiger partial charge in [-0.2, -0.15) is 4.39 Å². The highest BCUT2D eigenvalue weighted by Gasteiger charge is 2.16. The predicted octanol–water partition coefficient (Wildman–Crippen LogP) is 4.79. The number of hydrogen-bond donors (Lipinski definition) is 0. The number of pyridine rings is 2. The Bertz CT molecular complexity index is 972. The van der Waals surface area contributed by atoms with Crippen molar-refractivity contribution in [2.45, 2.75) is 18.5 Å². The number of rotatable bonds is 7. The van der Waals surface area contributed by atoms with Crippen LogP contribution in [0.25, 0.3) is 0 Å². The summed E-state index contributed by atoms with van der Waals surface area (Å²) in [5.74, 6) is 0.736. The second kappa shape index (κ2) is 8.88. The number of halogens is 2. The molecule has 2 aromatic heterocycles. The van der Waals surface area contributed by atoms with Crippen molar-refractivity contribution in [3.8, 4) is 11.5 Å². The van der Waals surface area contributed by atoms with E-state index >= 15 is 0 Å². The Labute approximate surface area is 166 Å². The van der Waals surface area contributed by atoms with Crippen molar-refractivity contribution in [1.82, 2.24) is 9.97 Å². The lowest BCUT2D eigenvalue weighted by molar-refractivity contribution is 0.391. The summed E-state index contributed by atoms with van der Waals surface area (Å²) in [6.45, 7) is 2.02. The van der Waals surface area contributed by atoms with E-state index in [1.54, 1.807) is 49.7 Å². The number of aromatic nitrogens is 2. The number of benzene rings is 1. The molecule has 0 atom stereocenters. The van der Waals surface area contributed by atoms with Gasteiger partial charge < -0.3 is 9.47 Å². The molecule has 1 aromatic carbocycles. The Balaban J connectivity index is 1.95. The maximum atomic E-state index is 13.7. The molecule has 0 bridgehead atoms. The topological polar surface area (TPSA) is 47.5 Å². The molecule has 0 unspecified atom stereocenters. The summed E-state index contributed by atoms with van der Waals surface area (Å²) in [4.78, 5) is 8.08. The predicted molar refractivity (Wildman–Crippen MR) is 105 cm³/mol. The molecular formula is C20H19F2N3O2S. The highest BCUT2D eigenvalue weighted by Crippen LogP contribution is 2.33. The SMILES string of the molecule is COc1ccc(CN(Sc2cc(C)c(F)cn2)c2cccc(F)n2)c(OC)c1. The first-order valence-corrected chi connectivity index (χ1v) is 9.18. The van der Waals surface area contributed by atoms with Gasteiger partial charge in [0, 0.05) is 23.6 Å². The molecule has 0 fully saturated rings. The lowest BCUT2D eigenvalue weighted by Crippen LogP contribution is -2.16. The fourth-order valence-electron chi connectivity index (χ4n) is 2.51. The first kappa shape index (κ1) is 19.9. The van der Waals surface area contributed by atoms with Crippen LogP contribution in [0.3, 0.4) is 0 Å². The van der Waals surface area contributed by atoms with Gasteiger partial charge in [0.2, 0.25) is 5.95 Å². The van der Waals surface area contributed by atoms with Crippen molar-refractivity contribution in [3.63, 3.8) is 0 Å². The molecule has 0 aliphatic carbocycles. The second-order valence-electron chi connectivity index (χ2n) is 5.90. The number of hydrogen-bond acceptors (Lipinski definition) is 6. The number of nitrogens with zero attached hydrogens (tertiary/aromatic N) is 3. The molecule has 8 heteroatoms. The van der Waals surface area contributed by atoms with E-state index in [2.05, 4.69) is 9.97 Å². The normalized spacial score (nSPS) is 10.6. The minimum Gasteiger partial charge on any atom is -0.497 e. The average Bonchev–Trinajstić information content (AvgIpc) is 2.70. The summed E-state index contributed by atoms with van der Waals surface area (Å²) >= 11 is 1.24. The summed E-state index contributed by atoms with van der Waals surface area (Å²) in [6, 6.07) is 11.7. The Kier molecular flexibility index (Phi) is 6.30. The van der Waals surface area contributed by atoms with Crippen LogP contribution in [-0.4, -0.2) is 24.2 Å². The van der Waals surface area contributed by atoms with Crippen LogP contribution < -0.4 is 13.8 Å². The summed E-state index contributed by atoms with van der Waals surface area (Å²) < 4.78 is 39.7. The van der Waals surface area contributed by atoms with Crippen LogP contribution in [0.2, 0.25) is 0 Å². The van der Waals surface area contributed by atoms with E-state index in [9.17, 15) is 8.78 Å². The quantitative estimate of drug-likeness (QED) is 0.417. The van der Waals surface area contributed by atoms with Gasteiger partial charge in [0.25, 0.3) is 0 Å². The average molecular weight is 403 g/mol. The zero-order valence-electron chi connectivity index (χ0n) is 15.6. The van der Waals surface area contributed by atoms with E-state index in [-0.39, 0.29) is 5.82 Å². The fourth-order valence-corrected chi connectivity index (χ4v) is 3.46. The van der Waals surface area contributed by atoms with E-state index in [0.29, 0.717) is 34.5 Å². The van der Waals surface area contributed by atoms with Crippen LogP contribution in [0.15, 0.2) is 53.7 Å². The van der Waals surface area contributed by atoms with Gasteiger partial charge in [0.15, 0.2) is 0 Å². The molecule has 0 aliphatic heterocycles. The highest BCUT2D eigenvalue weighted by molar-refractivity contribution is 8.00. The van der Waals surface area contributed by atoms with Gasteiger partial charge in [0.1, 0.15) is 28.2 Å². The van der Waals surface area contributed by atoms with Crippen LogP contribution >= 0.6 is 11.9 Å². The van der Waals surface area contributed by atoms with Gasteiger partial charge in [-0.05, 0) is 42.8 Å². The van der Waals surface area contributed by atoms with Crippen molar-refractivity contribution in [3.05, 3.63) is 71.6 Å². The van der Waals surface area contributed by atoms with Crippen LogP contribution in [0.1, 0.15) is 11.1 Å². The van der Waals surface area contributed by atoms with Gasteiger partial charge in [0.05, 0.1) is 27.0 Å². The van der Waals surface area contributed by atoms with Crippen LogP contribution in [0.4, 0.5) is 14.6 Å². The van der Waals surface area contributed by atoms with Gasteiger partial charge in [-0.15, -0.1) is 0 Å². The van der Waals surface area contributed by atoms with Crippen molar-refractivity contribution in [2.24, 2.45) is 0 Å². The summed E-state index contributed by atoms with van der Waals surface area (Å²) in [5.41, 5.74) is 1.33. The third-order valence-electron chi connectivity index (χ3n) is 3.99. The molecule has 0 saturated carbocycles. The van der Waals surface area contributed by atoms with E-state index in [0.717, 1.165) is 5.56 Å². The molecule has 0 aliphatic rings. The smallest absolute Gasteiger partial charge is 0.214 e. The maximum absolute atomic E-state index is 13.7. The molecule has 0 amide bonds. The maximum Gasteiger partial charge on any atom is 0.214 e. The molecule has 0 saturated heterocycles. The molecule has 3 aromatic rings. The van der Waals surface area contributed by atoms with Gasteiger partial charge in [-0.25, -0.2) is 14.4 Å². The van der Waals surface area contributed by atoms with Crippen molar-refractivity contribution < 1.29 is 18.3 Å². The number of anilines is 1. The largest absolute Gasteiger partial charge is 0.497 e. The van der Waals surface area contributed by atoms with Gasteiger partial charge in [-0.1, -0.05) is 6.07 Å². The Hall–Kier alpha value is -2.87. The third-order valence-corrected chi connectivity index (χ3v) is 4.94. The molecule has 0 radical (unpaired) electrons. The lowest BCUT2D eigenvalue weighted by atomic mass is 10.2. The molecule has 28 heavy (non-hydrogen) atoms. The molecule has 146 valence electrons. The molecular weight excluding hydrogens is 384 g/mol. The summed E-state index contributed by atoms with van der Waals surface area (Å²) in [5, 5.41) is 0.567. The summed E-state index contributed by atoms with van der Waals surface area (Å²) in [6.07, 6.45) is 1.17. The van der Waals surface area contributed by atoms with Gasteiger partial charge >= 0.3 is 0 Å². The number of methoxy groups -OCH3 is 2. The minimum absolute atomic E-state index is 0.354. The Morgan fingerprint density at radius 3 is 2.57 bits per heavy atom. The zero-order valence-corrected chi connectivity index (χ0v) is 16.5. The zero-order chi connectivity index (χ0) is 20.1. The summed E-state index contributed by atoms with van der Waals surface area (Å²) in [7, 11) is 3.15.